The van der Waals surface area contributed by atoms with Gasteiger partial charge in [0.2, 0.25) is 0 Å². The molecule has 18 heavy (non-hydrogen) atoms. The fraction of sp³-hybridized carbons (Fsp3) is 0.357. The molecule has 1 aromatic heterocycles. The summed E-state index contributed by atoms with van der Waals surface area (Å²) in [6.07, 6.45) is 0.993. The van der Waals surface area contributed by atoms with Crippen molar-refractivity contribution in [1.29, 1.82) is 0 Å². The lowest BCUT2D eigenvalue weighted by molar-refractivity contribution is 0.177. The maximum absolute atomic E-state index is 9.59. The first-order chi connectivity index (χ1) is 8.61. The van der Waals surface area contributed by atoms with Gasteiger partial charge in [-0.15, -0.1) is 0 Å². The van der Waals surface area contributed by atoms with Crippen molar-refractivity contribution in [3.05, 3.63) is 41.9 Å². The van der Waals surface area contributed by atoms with Crippen molar-refractivity contribution >= 4 is 0 Å². The van der Waals surface area contributed by atoms with Gasteiger partial charge in [-0.3, -0.25) is 0 Å². The molecule has 0 aliphatic carbocycles. The Labute approximate surface area is 107 Å². The molecule has 0 aliphatic heterocycles. The Hall–Kier alpha value is -1.65. The molecule has 1 unspecified atom stereocenters. The molecule has 0 radical (unpaired) electrons. The smallest absolute Gasteiger partial charge is 0.136 e. The quantitative estimate of drug-likeness (QED) is 0.773. The molecule has 0 spiro atoms. The highest BCUT2D eigenvalue weighted by Crippen LogP contribution is 2.22. The van der Waals surface area contributed by atoms with Crippen molar-refractivity contribution in [2.45, 2.75) is 25.9 Å². The molecule has 1 heterocycles. The summed E-state index contributed by atoms with van der Waals surface area (Å²) in [6, 6.07) is 8.34. The van der Waals surface area contributed by atoms with Crippen molar-refractivity contribution in [2.24, 2.45) is 5.73 Å². The summed E-state index contributed by atoms with van der Waals surface area (Å²) in [7, 11) is 0. The van der Waals surface area contributed by atoms with E-state index < -0.39 is 6.10 Å². The second kappa shape index (κ2) is 5.33. The van der Waals surface area contributed by atoms with Crippen LogP contribution < -0.4 is 5.73 Å². The van der Waals surface area contributed by atoms with Crippen LogP contribution in [0.2, 0.25) is 0 Å². The van der Waals surface area contributed by atoms with Gasteiger partial charge in [0.05, 0.1) is 11.9 Å². The van der Waals surface area contributed by atoms with Crippen molar-refractivity contribution in [3.63, 3.8) is 0 Å². The molecule has 0 saturated heterocycles. The Morgan fingerprint density at radius 1 is 1.28 bits per heavy atom. The van der Waals surface area contributed by atoms with Gasteiger partial charge >= 0.3 is 0 Å². The van der Waals surface area contributed by atoms with Gasteiger partial charge in [0.1, 0.15) is 11.9 Å². The second-order valence-corrected chi connectivity index (χ2v) is 4.71. The van der Waals surface area contributed by atoms with Crippen molar-refractivity contribution < 1.29 is 5.11 Å². The molecule has 0 amide bonds. The van der Waals surface area contributed by atoms with Gasteiger partial charge in [0.15, 0.2) is 0 Å². The average Bonchev–Trinajstić information content (AvgIpc) is 2.87. The highest BCUT2D eigenvalue weighted by atomic mass is 16.3. The third kappa shape index (κ3) is 2.60. The number of hydrogen-bond acceptors (Lipinski definition) is 3. The Morgan fingerprint density at radius 2 is 1.94 bits per heavy atom. The van der Waals surface area contributed by atoms with Gasteiger partial charge in [-0.05, 0) is 17.0 Å². The molecule has 1 aromatic carbocycles. The van der Waals surface area contributed by atoms with Crippen LogP contribution in [0.4, 0.5) is 0 Å². The number of aromatic nitrogens is 2. The number of aliphatic hydroxyl groups is 1. The fourth-order valence-electron chi connectivity index (χ4n) is 1.81. The van der Waals surface area contributed by atoms with Gasteiger partial charge in [0.25, 0.3) is 0 Å². The lowest BCUT2D eigenvalue weighted by Gasteiger charge is -2.06. The molecule has 4 nitrogen and oxygen atoms in total. The molecule has 2 rings (SSSR count). The number of rotatable bonds is 4. The third-order valence-corrected chi connectivity index (χ3v) is 3.02. The number of imidazole rings is 1. The number of benzene rings is 1. The minimum atomic E-state index is -0.728. The molecule has 4 N–H and O–H groups in total. The SMILES string of the molecule is CC(C)c1ccc(-c2cnc(C(O)CN)[nH]2)cc1. The van der Waals surface area contributed by atoms with E-state index in [1.54, 1.807) is 6.20 Å². The number of aliphatic hydroxyl groups excluding tert-OH is 1. The van der Waals surface area contributed by atoms with Crippen LogP contribution >= 0.6 is 0 Å². The lowest BCUT2D eigenvalue weighted by Crippen LogP contribution is -2.12. The van der Waals surface area contributed by atoms with Gasteiger partial charge in [0, 0.05) is 6.54 Å². The molecule has 96 valence electrons. The van der Waals surface area contributed by atoms with Crippen LogP contribution in [0.1, 0.15) is 37.3 Å². The maximum atomic E-state index is 9.59. The van der Waals surface area contributed by atoms with Gasteiger partial charge in [-0.2, -0.15) is 0 Å². The van der Waals surface area contributed by atoms with Crippen molar-refractivity contribution in [3.8, 4) is 11.3 Å². The third-order valence-electron chi connectivity index (χ3n) is 3.02. The van der Waals surface area contributed by atoms with E-state index in [4.69, 9.17) is 5.73 Å². The predicted octanol–water partition coefficient (Wildman–Crippen LogP) is 2.19. The molecule has 0 fully saturated rings. The number of nitrogens with two attached hydrogens (primary N) is 1. The Bertz CT molecular complexity index is 502. The standard InChI is InChI=1S/C14H19N3O/c1-9(2)10-3-5-11(6-4-10)12-8-16-14(17-12)13(18)7-15/h3-6,8-9,13,18H,7,15H2,1-2H3,(H,16,17). The fourth-order valence-corrected chi connectivity index (χ4v) is 1.81. The zero-order valence-corrected chi connectivity index (χ0v) is 10.7. The van der Waals surface area contributed by atoms with E-state index in [2.05, 4.69) is 48.1 Å². The van der Waals surface area contributed by atoms with Gasteiger partial charge in [-0.25, -0.2) is 4.98 Å². The number of H-pyrrole nitrogens is 1. The van der Waals surface area contributed by atoms with Crippen LogP contribution in [-0.4, -0.2) is 21.6 Å². The average molecular weight is 245 g/mol. The summed E-state index contributed by atoms with van der Waals surface area (Å²) in [5.74, 6) is 1.04. The number of nitrogens with zero attached hydrogens (tertiary/aromatic N) is 1. The summed E-state index contributed by atoms with van der Waals surface area (Å²) >= 11 is 0. The molecule has 0 aliphatic rings. The minimum absolute atomic E-state index is 0.166. The van der Waals surface area contributed by atoms with E-state index in [1.807, 2.05) is 0 Å². The first kappa shape index (κ1) is 12.8. The molecule has 0 bridgehead atoms. The van der Waals surface area contributed by atoms with E-state index >= 15 is 0 Å². The largest absolute Gasteiger partial charge is 0.384 e. The van der Waals surface area contributed by atoms with E-state index in [0.29, 0.717) is 11.7 Å². The molecular weight excluding hydrogens is 226 g/mol. The Balaban J connectivity index is 2.23. The maximum Gasteiger partial charge on any atom is 0.136 e. The van der Waals surface area contributed by atoms with Crippen molar-refractivity contribution in [2.75, 3.05) is 6.54 Å². The molecule has 4 heteroatoms. The number of nitrogens with one attached hydrogen (secondary N) is 1. The molecular formula is C14H19N3O. The Morgan fingerprint density at radius 3 is 2.50 bits per heavy atom. The van der Waals surface area contributed by atoms with E-state index in [-0.39, 0.29) is 6.54 Å². The second-order valence-electron chi connectivity index (χ2n) is 4.71. The summed E-state index contributed by atoms with van der Waals surface area (Å²) in [4.78, 5) is 7.22. The van der Waals surface area contributed by atoms with E-state index in [9.17, 15) is 5.11 Å². The highest BCUT2D eigenvalue weighted by molar-refractivity contribution is 5.59. The van der Waals surface area contributed by atoms with Crippen LogP contribution in [0.25, 0.3) is 11.3 Å². The highest BCUT2D eigenvalue weighted by Gasteiger charge is 2.10. The minimum Gasteiger partial charge on any atom is -0.384 e. The molecule has 1 atom stereocenters. The van der Waals surface area contributed by atoms with E-state index in [0.717, 1.165) is 11.3 Å². The zero-order chi connectivity index (χ0) is 13.1. The number of hydrogen-bond donors (Lipinski definition) is 3. The van der Waals surface area contributed by atoms with Crippen molar-refractivity contribution in [1.82, 2.24) is 9.97 Å². The monoisotopic (exact) mass is 245 g/mol. The molecule has 2 aromatic rings. The Kier molecular flexibility index (Phi) is 3.79. The van der Waals surface area contributed by atoms with E-state index in [1.165, 1.54) is 5.56 Å². The van der Waals surface area contributed by atoms with Crippen LogP contribution in [0, 0.1) is 0 Å². The summed E-state index contributed by atoms with van der Waals surface area (Å²) in [5, 5.41) is 9.59. The van der Waals surface area contributed by atoms with Crippen LogP contribution in [0.5, 0.6) is 0 Å². The van der Waals surface area contributed by atoms with Gasteiger partial charge < -0.3 is 15.8 Å². The molecule has 0 saturated carbocycles. The lowest BCUT2D eigenvalue weighted by atomic mass is 10.0. The first-order valence-electron chi connectivity index (χ1n) is 6.15. The van der Waals surface area contributed by atoms with Crippen LogP contribution in [-0.2, 0) is 0 Å². The normalized spacial score (nSPS) is 12.9. The first-order valence-corrected chi connectivity index (χ1v) is 6.15. The zero-order valence-electron chi connectivity index (χ0n) is 10.7. The number of aromatic amines is 1. The van der Waals surface area contributed by atoms with Crippen LogP contribution in [0.15, 0.2) is 30.5 Å². The predicted molar refractivity (Wildman–Crippen MR) is 72.1 cm³/mol. The van der Waals surface area contributed by atoms with Gasteiger partial charge in [-0.1, -0.05) is 38.1 Å². The summed E-state index contributed by atoms with van der Waals surface area (Å²) in [6.45, 7) is 4.50. The van der Waals surface area contributed by atoms with Crippen LogP contribution in [0.3, 0.4) is 0 Å². The summed E-state index contributed by atoms with van der Waals surface area (Å²) in [5.41, 5.74) is 8.66. The summed E-state index contributed by atoms with van der Waals surface area (Å²) < 4.78 is 0. The topological polar surface area (TPSA) is 74.9 Å².